The molecular weight excluding hydrogens is 274 g/mol. The Balaban J connectivity index is 1.85. The van der Waals surface area contributed by atoms with Gasteiger partial charge in [-0.05, 0) is 31.2 Å². The number of pyridine rings is 1. The molecule has 3 rings (SSSR count). The Kier molecular flexibility index (Phi) is 3.83. The molecule has 0 N–H and O–H groups in total. The number of aryl methyl sites for hydroxylation is 1. The Labute approximate surface area is 123 Å². The molecule has 2 aromatic heterocycles. The normalized spacial score (nSPS) is 13.9. The highest BCUT2D eigenvalue weighted by atomic mass is 35.5. The lowest BCUT2D eigenvalue weighted by Crippen LogP contribution is -2.10. The van der Waals surface area contributed by atoms with Gasteiger partial charge < -0.3 is 4.74 Å². The maximum absolute atomic E-state index is 6.27. The second-order valence-electron chi connectivity index (χ2n) is 4.95. The van der Waals surface area contributed by atoms with Gasteiger partial charge in [-0.15, -0.1) is 0 Å². The van der Waals surface area contributed by atoms with Gasteiger partial charge in [0.2, 0.25) is 5.88 Å². The fourth-order valence-corrected chi connectivity index (χ4v) is 2.80. The average Bonchev–Trinajstić information content (AvgIpc) is 2.48. The summed E-state index contributed by atoms with van der Waals surface area (Å²) in [5, 5.41) is 0.617. The van der Waals surface area contributed by atoms with Crippen molar-refractivity contribution in [3.05, 3.63) is 46.1 Å². The topological polar surface area (TPSA) is 47.9 Å². The molecule has 0 atom stereocenters. The number of methoxy groups -OCH3 is 1. The van der Waals surface area contributed by atoms with Gasteiger partial charge in [-0.3, -0.25) is 0 Å². The van der Waals surface area contributed by atoms with Gasteiger partial charge >= 0.3 is 0 Å². The monoisotopic (exact) mass is 289 g/mol. The Morgan fingerprint density at radius 1 is 1.20 bits per heavy atom. The van der Waals surface area contributed by atoms with Crippen molar-refractivity contribution in [2.45, 2.75) is 32.1 Å². The first-order chi connectivity index (χ1) is 9.76. The number of ether oxygens (including phenoxy) is 1. The van der Waals surface area contributed by atoms with Crippen molar-refractivity contribution in [2.24, 2.45) is 0 Å². The van der Waals surface area contributed by atoms with Crippen LogP contribution in [0.2, 0.25) is 5.15 Å². The highest BCUT2D eigenvalue weighted by Crippen LogP contribution is 2.25. The first-order valence-corrected chi connectivity index (χ1v) is 7.17. The third kappa shape index (κ3) is 2.75. The number of rotatable bonds is 3. The molecule has 0 aliphatic heterocycles. The molecule has 0 bridgehead atoms. The highest BCUT2D eigenvalue weighted by molar-refractivity contribution is 6.30. The summed E-state index contributed by atoms with van der Waals surface area (Å²) in [5.41, 5.74) is 3.31. The number of fused-ring (bicyclic) bond motifs is 1. The standard InChI is InChI=1S/C15H16ClN3O/c1-20-14-7-6-10(9-17-14)8-13-18-12-5-3-2-4-11(12)15(16)19-13/h6-7,9H,2-5,8H2,1H3. The summed E-state index contributed by atoms with van der Waals surface area (Å²) in [7, 11) is 1.61. The van der Waals surface area contributed by atoms with Crippen LogP contribution in [0.25, 0.3) is 0 Å². The van der Waals surface area contributed by atoms with Gasteiger partial charge in [-0.25, -0.2) is 15.0 Å². The highest BCUT2D eigenvalue weighted by Gasteiger charge is 2.16. The number of aromatic nitrogens is 3. The predicted octanol–water partition coefficient (Wildman–Crippen LogP) is 3.00. The molecule has 0 aromatic carbocycles. The molecule has 0 unspecified atom stereocenters. The number of hydrogen-bond donors (Lipinski definition) is 0. The Morgan fingerprint density at radius 2 is 2.05 bits per heavy atom. The van der Waals surface area contributed by atoms with Crippen LogP contribution >= 0.6 is 11.6 Å². The zero-order valence-electron chi connectivity index (χ0n) is 11.4. The quantitative estimate of drug-likeness (QED) is 0.815. The molecule has 0 fully saturated rings. The lowest BCUT2D eigenvalue weighted by Gasteiger charge is -2.16. The minimum absolute atomic E-state index is 0.609. The molecule has 2 heterocycles. The average molecular weight is 290 g/mol. The number of hydrogen-bond acceptors (Lipinski definition) is 4. The van der Waals surface area contributed by atoms with Crippen LogP contribution in [0, 0.1) is 0 Å². The third-order valence-corrected chi connectivity index (χ3v) is 3.86. The van der Waals surface area contributed by atoms with Gasteiger partial charge in [-0.2, -0.15) is 0 Å². The smallest absolute Gasteiger partial charge is 0.212 e. The van der Waals surface area contributed by atoms with E-state index in [0.717, 1.165) is 35.5 Å². The summed E-state index contributed by atoms with van der Waals surface area (Å²) < 4.78 is 5.05. The number of halogens is 1. The van der Waals surface area contributed by atoms with Crippen molar-refractivity contribution < 1.29 is 4.74 Å². The molecule has 0 spiro atoms. The second-order valence-corrected chi connectivity index (χ2v) is 5.31. The Morgan fingerprint density at radius 3 is 2.80 bits per heavy atom. The van der Waals surface area contributed by atoms with Crippen LogP contribution in [-0.2, 0) is 19.3 Å². The summed E-state index contributed by atoms with van der Waals surface area (Å²) in [5.74, 6) is 1.38. The number of nitrogens with zero attached hydrogens (tertiary/aromatic N) is 3. The predicted molar refractivity (Wildman–Crippen MR) is 77.3 cm³/mol. The van der Waals surface area contributed by atoms with E-state index in [4.69, 9.17) is 16.3 Å². The van der Waals surface area contributed by atoms with E-state index in [2.05, 4.69) is 15.0 Å². The van der Waals surface area contributed by atoms with E-state index in [1.807, 2.05) is 12.1 Å². The van der Waals surface area contributed by atoms with E-state index in [1.54, 1.807) is 13.3 Å². The van der Waals surface area contributed by atoms with Crippen molar-refractivity contribution >= 4 is 11.6 Å². The summed E-state index contributed by atoms with van der Waals surface area (Å²) in [6.07, 6.45) is 6.80. The van der Waals surface area contributed by atoms with Gasteiger partial charge in [-0.1, -0.05) is 17.7 Å². The maximum atomic E-state index is 6.27. The molecule has 5 heteroatoms. The first kappa shape index (κ1) is 13.3. The summed E-state index contributed by atoms with van der Waals surface area (Å²) in [4.78, 5) is 13.3. The van der Waals surface area contributed by atoms with Gasteiger partial charge in [0.05, 0.1) is 7.11 Å². The van der Waals surface area contributed by atoms with Crippen LogP contribution in [0.3, 0.4) is 0 Å². The Hall–Kier alpha value is -1.68. The van der Waals surface area contributed by atoms with Gasteiger partial charge in [0.15, 0.2) is 0 Å². The van der Waals surface area contributed by atoms with E-state index in [1.165, 1.54) is 12.8 Å². The lowest BCUT2D eigenvalue weighted by molar-refractivity contribution is 0.397. The molecule has 1 aliphatic rings. The van der Waals surface area contributed by atoms with Crippen molar-refractivity contribution in [1.29, 1.82) is 0 Å². The van der Waals surface area contributed by atoms with Gasteiger partial charge in [0, 0.05) is 29.9 Å². The van der Waals surface area contributed by atoms with E-state index >= 15 is 0 Å². The molecule has 104 valence electrons. The molecule has 2 aromatic rings. The SMILES string of the molecule is COc1ccc(Cc2nc(Cl)c3c(n2)CCCC3)cn1. The van der Waals surface area contributed by atoms with Crippen LogP contribution < -0.4 is 4.74 Å². The van der Waals surface area contributed by atoms with Crippen molar-refractivity contribution in [2.75, 3.05) is 7.11 Å². The van der Waals surface area contributed by atoms with Gasteiger partial charge in [0.1, 0.15) is 11.0 Å². The van der Waals surface area contributed by atoms with E-state index < -0.39 is 0 Å². The zero-order valence-corrected chi connectivity index (χ0v) is 12.2. The van der Waals surface area contributed by atoms with Crippen LogP contribution in [0.1, 0.15) is 35.5 Å². The zero-order chi connectivity index (χ0) is 13.9. The van der Waals surface area contributed by atoms with E-state index in [9.17, 15) is 0 Å². The van der Waals surface area contributed by atoms with Crippen molar-refractivity contribution in [3.63, 3.8) is 0 Å². The molecule has 0 amide bonds. The molecular formula is C15H16ClN3O. The van der Waals surface area contributed by atoms with Crippen LogP contribution in [0.4, 0.5) is 0 Å². The van der Waals surface area contributed by atoms with E-state index in [0.29, 0.717) is 17.5 Å². The van der Waals surface area contributed by atoms with Crippen molar-refractivity contribution in [3.8, 4) is 5.88 Å². The first-order valence-electron chi connectivity index (χ1n) is 6.79. The molecule has 0 radical (unpaired) electrons. The molecule has 4 nitrogen and oxygen atoms in total. The fraction of sp³-hybridized carbons (Fsp3) is 0.400. The van der Waals surface area contributed by atoms with Gasteiger partial charge in [0.25, 0.3) is 0 Å². The summed E-state index contributed by atoms with van der Waals surface area (Å²) in [6, 6.07) is 3.82. The molecule has 0 saturated carbocycles. The largest absolute Gasteiger partial charge is 0.481 e. The summed E-state index contributed by atoms with van der Waals surface area (Å²) >= 11 is 6.27. The van der Waals surface area contributed by atoms with Crippen LogP contribution in [0.15, 0.2) is 18.3 Å². The molecule has 0 saturated heterocycles. The molecule has 20 heavy (non-hydrogen) atoms. The van der Waals surface area contributed by atoms with Crippen LogP contribution in [0.5, 0.6) is 5.88 Å². The maximum Gasteiger partial charge on any atom is 0.212 e. The minimum Gasteiger partial charge on any atom is -0.481 e. The van der Waals surface area contributed by atoms with Crippen molar-refractivity contribution in [1.82, 2.24) is 15.0 Å². The molecule has 1 aliphatic carbocycles. The Bertz CT molecular complexity index is 613. The summed E-state index contributed by atoms with van der Waals surface area (Å²) in [6.45, 7) is 0. The third-order valence-electron chi connectivity index (χ3n) is 3.55. The minimum atomic E-state index is 0.609. The lowest BCUT2D eigenvalue weighted by atomic mass is 9.97. The van der Waals surface area contributed by atoms with E-state index in [-0.39, 0.29) is 0 Å². The van der Waals surface area contributed by atoms with Crippen LogP contribution in [-0.4, -0.2) is 22.1 Å². The second kappa shape index (κ2) is 5.75. The fourth-order valence-electron chi connectivity index (χ4n) is 2.49.